The Hall–Kier alpha value is -2.49. The van der Waals surface area contributed by atoms with E-state index < -0.39 is 0 Å². The molecule has 0 bridgehead atoms. The van der Waals surface area contributed by atoms with Gasteiger partial charge in [-0.1, -0.05) is 81.8 Å². The number of pyridine rings is 1. The molecule has 4 heteroatoms. The molecule has 0 spiro atoms. The van der Waals surface area contributed by atoms with Crippen LogP contribution in [0.4, 0.5) is 0 Å². The van der Waals surface area contributed by atoms with Crippen LogP contribution in [0.3, 0.4) is 0 Å². The molecule has 4 nitrogen and oxygen atoms in total. The number of rotatable bonds is 11. The van der Waals surface area contributed by atoms with Crippen molar-refractivity contribution < 1.29 is 4.79 Å². The van der Waals surface area contributed by atoms with E-state index in [4.69, 9.17) is 0 Å². The van der Waals surface area contributed by atoms with E-state index in [9.17, 15) is 4.79 Å². The first kappa shape index (κ1) is 19.8. The van der Waals surface area contributed by atoms with E-state index in [0.29, 0.717) is 12.1 Å². The van der Waals surface area contributed by atoms with Crippen molar-refractivity contribution in [2.75, 3.05) is 0 Å². The van der Waals surface area contributed by atoms with Gasteiger partial charge >= 0.3 is 0 Å². The summed E-state index contributed by atoms with van der Waals surface area (Å²) in [6.07, 6.45) is 10.6. The van der Waals surface area contributed by atoms with E-state index in [-0.39, 0.29) is 5.91 Å². The summed E-state index contributed by atoms with van der Waals surface area (Å²) >= 11 is 0. The average Bonchev–Trinajstić information content (AvgIpc) is 2.69. The molecule has 138 valence electrons. The Kier molecular flexibility index (Phi) is 9.12. The van der Waals surface area contributed by atoms with E-state index in [1.165, 1.54) is 32.1 Å². The van der Waals surface area contributed by atoms with Crippen LogP contribution in [-0.2, 0) is 4.79 Å². The van der Waals surface area contributed by atoms with E-state index in [0.717, 1.165) is 24.1 Å². The second-order valence-corrected chi connectivity index (χ2v) is 6.45. The van der Waals surface area contributed by atoms with Gasteiger partial charge in [-0.3, -0.25) is 9.78 Å². The van der Waals surface area contributed by atoms with Gasteiger partial charge in [-0.2, -0.15) is 5.10 Å². The van der Waals surface area contributed by atoms with Gasteiger partial charge < -0.3 is 0 Å². The van der Waals surface area contributed by atoms with Crippen LogP contribution in [0.2, 0.25) is 0 Å². The Labute approximate surface area is 156 Å². The van der Waals surface area contributed by atoms with Gasteiger partial charge in [0.15, 0.2) is 0 Å². The van der Waals surface area contributed by atoms with Gasteiger partial charge in [-0.05, 0) is 18.6 Å². The third kappa shape index (κ3) is 7.18. The number of unbranched alkanes of at least 4 members (excludes halogenated alkanes) is 6. The molecule has 0 saturated heterocycles. The van der Waals surface area contributed by atoms with Crippen LogP contribution < -0.4 is 5.43 Å². The summed E-state index contributed by atoms with van der Waals surface area (Å²) in [6, 6.07) is 15.5. The molecule has 0 aliphatic rings. The van der Waals surface area contributed by atoms with Crippen LogP contribution in [0, 0.1) is 0 Å². The average molecular weight is 351 g/mol. The fraction of sp³-hybridized carbons (Fsp3) is 0.409. The maximum Gasteiger partial charge on any atom is 0.240 e. The summed E-state index contributed by atoms with van der Waals surface area (Å²) in [5.74, 6) is -0.0390. The van der Waals surface area contributed by atoms with E-state index >= 15 is 0 Å². The summed E-state index contributed by atoms with van der Waals surface area (Å²) in [4.78, 5) is 16.5. The van der Waals surface area contributed by atoms with Crippen molar-refractivity contribution in [2.45, 2.75) is 58.3 Å². The van der Waals surface area contributed by atoms with Gasteiger partial charge in [0, 0.05) is 18.2 Å². The molecule has 0 unspecified atom stereocenters. The van der Waals surface area contributed by atoms with Crippen LogP contribution in [0.5, 0.6) is 0 Å². The van der Waals surface area contributed by atoms with Crippen molar-refractivity contribution in [2.24, 2.45) is 5.10 Å². The second kappa shape index (κ2) is 12.0. The third-order valence-corrected chi connectivity index (χ3v) is 4.25. The first-order valence-corrected chi connectivity index (χ1v) is 9.64. The number of nitrogens with one attached hydrogen (secondary N) is 1. The summed E-state index contributed by atoms with van der Waals surface area (Å²) in [5, 5.41) is 4.36. The van der Waals surface area contributed by atoms with Crippen LogP contribution >= 0.6 is 0 Å². The molecule has 1 aromatic heterocycles. The molecule has 0 fully saturated rings. The molecular formula is C22H29N3O. The smallest absolute Gasteiger partial charge is 0.240 e. The zero-order chi connectivity index (χ0) is 18.5. The van der Waals surface area contributed by atoms with E-state index in [2.05, 4.69) is 22.4 Å². The number of benzene rings is 1. The molecule has 1 aromatic carbocycles. The predicted octanol–water partition coefficient (Wildman–Crippen LogP) is 5.09. The molecular weight excluding hydrogens is 322 g/mol. The second-order valence-electron chi connectivity index (χ2n) is 6.45. The fourth-order valence-corrected chi connectivity index (χ4v) is 2.79. The Bertz CT molecular complexity index is 627. The van der Waals surface area contributed by atoms with Gasteiger partial charge in [0.2, 0.25) is 5.91 Å². The van der Waals surface area contributed by atoms with Gasteiger partial charge in [0.25, 0.3) is 0 Å². The Morgan fingerprint density at radius 2 is 1.62 bits per heavy atom. The number of hydrogen-bond acceptors (Lipinski definition) is 3. The molecule has 1 amide bonds. The monoisotopic (exact) mass is 351 g/mol. The van der Waals surface area contributed by atoms with Crippen molar-refractivity contribution >= 4 is 11.6 Å². The molecule has 0 aliphatic carbocycles. The van der Waals surface area contributed by atoms with Crippen LogP contribution in [0.1, 0.15) is 69.5 Å². The number of carbonyl (C=O) groups excluding carboxylic acids is 1. The molecule has 1 N–H and O–H groups in total. The lowest BCUT2D eigenvalue weighted by Crippen LogP contribution is -2.20. The van der Waals surface area contributed by atoms with Crippen LogP contribution in [-0.4, -0.2) is 16.6 Å². The Balaban J connectivity index is 1.87. The normalized spacial score (nSPS) is 11.3. The fourth-order valence-electron chi connectivity index (χ4n) is 2.79. The van der Waals surface area contributed by atoms with Crippen LogP contribution in [0.15, 0.2) is 59.8 Å². The van der Waals surface area contributed by atoms with Crippen molar-refractivity contribution in [3.8, 4) is 0 Å². The van der Waals surface area contributed by atoms with Crippen molar-refractivity contribution in [3.05, 3.63) is 66.0 Å². The maximum atomic E-state index is 12.1. The highest BCUT2D eigenvalue weighted by Crippen LogP contribution is 2.10. The molecule has 26 heavy (non-hydrogen) atoms. The lowest BCUT2D eigenvalue weighted by atomic mass is 10.1. The van der Waals surface area contributed by atoms with E-state index in [1.54, 1.807) is 6.20 Å². The Morgan fingerprint density at radius 1 is 0.923 bits per heavy atom. The minimum Gasteiger partial charge on any atom is -0.273 e. The number of hydrazone groups is 1. The highest BCUT2D eigenvalue weighted by molar-refractivity contribution is 6.11. The minimum atomic E-state index is -0.0390. The summed E-state index contributed by atoms with van der Waals surface area (Å²) in [7, 11) is 0. The third-order valence-electron chi connectivity index (χ3n) is 4.25. The number of aromatic nitrogens is 1. The molecule has 0 atom stereocenters. The summed E-state index contributed by atoms with van der Waals surface area (Å²) < 4.78 is 0. The molecule has 0 saturated carbocycles. The van der Waals surface area contributed by atoms with Gasteiger partial charge in [0.05, 0.1) is 5.69 Å². The van der Waals surface area contributed by atoms with Gasteiger partial charge in [0.1, 0.15) is 5.71 Å². The standard InChI is InChI=1S/C22H29N3O/c1-2-3-4-5-6-7-11-17-21(26)24-25-22(19-14-9-8-10-15-19)20-16-12-13-18-23-20/h8-10,12-16,18H,2-7,11,17H2,1H3,(H,24,26)/b25-22+. The number of amides is 1. The minimum absolute atomic E-state index is 0.0390. The first-order valence-electron chi connectivity index (χ1n) is 9.64. The highest BCUT2D eigenvalue weighted by atomic mass is 16.2. The van der Waals surface area contributed by atoms with Crippen molar-refractivity contribution in [3.63, 3.8) is 0 Å². The van der Waals surface area contributed by atoms with Crippen LogP contribution in [0.25, 0.3) is 0 Å². The Morgan fingerprint density at radius 3 is 2.31 bits per heavy atom. The summed E-state index contributed by atoms with van der Waals surface area (Å²) in [6.45, 7) is 2.22. The van der Waals surface area contributed by atoms with Gasteiger partial charge in [-0.25, -0.2) is 5.43 Å². The molecule has 2 aromatic rings. The predicted molar refractivity (Wildman–Crippen MR) is 107 cm³/mol. The zero-order valence-electron chi connectivity index (χ0n) is 15.7. The first-order chi connectivity index (χ1) is 12.8. The van der Waals surface area contributed by atoms with Crippen molar-refractivity contribution in [1.29, 1.82) is 0 Å². The zero-order valence-corrected chi connectivity index (χ0v) is 15.7. The molecule has 0 radical (unpaired) electrons. The maximum absolute atomic E-state index is 12.1. The molecule has 1 heterocycles. The summed E-state index contributed by atoms with van der Waals surface area (Å²) in [5.41, 5.74) is 5.06. The van der Waals surface area contributed by atoms with Gasteiger partial charge in [-0.15, -0.1) is 0 Å². The van der Waals surface area contributed by atoms with Crippen molar-refractivity contribution in [1.82, 2.24) is 10.4 Å². The number of nitrogens with zero attached hydrogens (tertiary/aromatic N) is 2. The number of hydrogen-bond donors (Lipinski definition) is 1. The largest absolute Gasteiger partial charge is 0.273 e. The molecule has 2 rings (SSSR count). The number of carbonyl (C=O) groups is 1. The highest BCUT2D eigenvalue weighted by Gasteiger charge is 2.09. The van der Waals surface area contributed by atoms with E-state index in [1.807, 2.05) is 48.5 Å². The molecule has 0 aliphatic heterocycles. The quantitative estimate of drug-likeness (QED) is 0.348. The lowest BCUT2D eigenvalue weighted by molar-refractivity contribution is -0.121. The topological polar surface area (TPSA) is 54.4 Å². The SMILES string of the molecule is CCCCCCCCCC(=O)N/N=C(\c1ccccc1)c1ccccn1. The lowest BCUT2D eigenvalue weighted by Gasteiger charge is -2.07.